The summed E-state index contributed by atoms with van der Waals surface area (Å²) in [5.74, 6) is 0.214. The van der Waals surface area contributed by atoms with Crippen LogP contribution in [0.5, 0.6) is 0 Å². The predicted molar refractivity (Wildman–Crippen MR) is 67.2 cm³/mol. The monoisotopic (exact) mass is 275 g/mol. The Bertz CT molecular complexity index is 210. The smallest absolute Gasteiger partial charge is 0.220 e. The number of rotatable bonds is 4. The first-order valence-electron chi connectivity index (χ1n) is 5.89. The van der Waals surface area contributed by atoms with Gasteiger partial charge in [0.25, 0.3) is 0 Å². The van der Waals surface area contributed by atoms with Gasteiger partial charge < -0.3 is 5.32 Å². The summed E-state index contributed by atoms with van der Waals surface area (Å²) in [5.41, 5.74) is 0.0682. The molecule has 3 heteroatoms. The van der Waals surface area contributed by atoms with Crippen LogP contribution in [0.3, 0.4) is 0 Å². The molecular weight excluding hydrogens is 254 g/mol. The standard InChI is InChI=1S/C12H22BrNO/c1-12(2,9-13)8-11(15)14-10-6-4-3-5-7-10/h10H,3-9H2,1-2H3,(H,14,15). The average Bonchev–Trinajstić information content (AvgIpc) is 2.18. The molecule has 1 aliphatic carbocycles. The van der Waals surface area contributed by atoms with Crippen molar-refractivity contribution in [3.8, 4) is 0 Å². The zero-order valence-electron chi connectivity index (χ0n) is 9.81. The second kappa shape index (κ2) is 5.88. The number of carbonyl (C=O) groups is 1. The molecular formula is C12H22BrNO. The first kappa shape index (κ1) is 13.0. The van der Waals surface area contributed by atoms with Crippen LogP contribution in [0.2, 0.25) is 0 Å². The molecule has 88 valence electrons. The number of halogens is 1. The van der Waals surface area contributed by atoms with Crippen LogP contribution in [0.1, 0.15) is 52.4 Å². The first-order chi connectivity index (χ1) is 7.03. The minimum atomic E-state index is 0.0682. The molecule has 2 nitrogen and oxygen atoms in total. The van der Waals surface area contributed by atoms with Crippen molar-refractivity contribution in [2.24, 2.45) is 5.41 Å². The summed E-state index contributed by atoms with van der Waals surface area (Å²) in [7, 11) is 0. The third-order valence-electron chi connectivity index (χ3n) is 2.97. The lowest BCUT2D eigenvalue weighted by atomic mass is 9.90. The quantitative estimate of drug-likeness (QED) is 0.785. The highest BCUT2D eigenvalue weighted by Crippen LogP contribution is 2.23. The van der Waals surface area contributed by atoms with Crippen molar-refractivity contribution in [2.45, 2.75) is 58.4 Å². The van der Waals surface area contributed by atoms with Gasteiger partial charge in [-0.3, -0.25) is 4.79 Å². The molecule has 1 aliphatic rings. The van der Waals surface area contributed by atoms with Crippen LogP contribution in [0, 0.1) is 5.41 Å². The maximum Gasteiger partial charge on any atom is 0.220 e. The topological polar surface area (TPSA) is 29.1 Å². The fourth-order valence-electron chi connectivity index (χ4n) is 2.01. The molecule has 0 radical (unpaired) electrons. The van der Waals surface area contributed by atoms with Gasteiger partial charge in [0.15, 0.2) is 0 Å². The Morgan fingerprint density at radius 1 is 1.33 bits per heavy atom. The van der Waals surface area contributed by atoms with Crippen molar-refractivity contribution < 1.29 is 4.79 Å². The Kier molecular flexibility index (Phi) is 5.10. The number of nitrogens with one attached hydrogen (secondary N) is 1. The molecule has 0 aromatic rings. The zero-order valence-corrected chi connectivity index (χ0v) is 11.4. The summed E-state index contributed by atoms with van der Waals surface area (Å²) in [5, 5.41) is 4.02. The van der Waals surface area contributed by atoms with Crippen molar-refractivity contribution >= 4 is 21.8 Å². The summed E-state index contributed by atoms with van der Waals surface area (Å²) in [6, 6.07) is 0.442. The van der Waals surface area contributed by atoms with Gasteiger partial charge in [-0.2, -0.15) is 0 Å². The Morgan fingerprint density at radius 2 is 1.93 bits per heavy atom. The third kappa shape index (κ3) is 5.01. The van der Waals surface area contributed by atoms with Gasteiger partial charge in [-0.15, -0.1) is 0 Å². The van der Waals surface area contributed by atoms with E-state index in [1.807, 2.05) is 0 Å². The van der Waals surface area contributed by atoms with Crippen LogP contribution < -0.4 is 5.32 Å². The van der Waals surface area contributed by atoms with Crippen LogP contribution >= 0.6 is 15.9 Å². The number of amides is 1. The molecule has 1 fully saturated rings. The molecule has 0 aromatic carbocycles. The van der Waals surface area contributed by atoms with E-state index in [1.165, 1.54) is 32.1 Å². The van der Waals surface area contributed by atoms with Gasteiger partial charge in [0.2, 0.25) is 5.91 Å². The van der Waals surface area contributed by atoms with Gasteiger partial charge in [0, 0.05) is 17.8 Å². The molecule has 0 aromatic heterocycles. The van der Waals surface area contributed by atoms with E-state index in [-0.39, 0.29) is 11.3 Å². The van der Waals surface area contributed by atoms with Gasteiger partial charge in [0.1, 0.15) is 0 Å². The molecule has 0 saturated heterocycles. The van der Waals surface area contributed by atoms with Gasteiger partial charge in [-0.05, 0) is 18.3 Å². The minimum absolute atomic E-state index is 0.0682. The van der Waals surface area contributed by atoms with Gasteiger partial charge in [-0.1, -0.05) is 49.0 Å². The normalized spacial score (nSPS) is 18.9. The number of carbonyl (C=O) groups excluding carboxylic acids is 1. The molecule has 1 rings (SSSR count). The van der Waals surface area contributed by atoms with Crippen LogP contribution in [0.15, 0.2) is 0 Å². The fraction of sp³-hybridized carbons (Fsp3) is 0.917. The van der Waals surface area contributed by atoms with E-state index in [0.717, 1.165) is 5.33 Å². The summed E-state index contributed by atoms with van der Waals surface area (Å²) in [6.07, 6.45) is 6.83. The van der Waals surface area contributed by atoms with Gasteiger partial charge in [0.05, 0.1) is 0 Å². The van der Waals surface area contributed by atoms with Crippen molar-refractivity contribution in [3.63, 3.8) is 0 Å². The van der Waals surface area contributed by atoms with E-state index < -0.39 is 0 Å². The zero-order chi connectivity index (χ0) is 11.3. The predicted octanol–water partition coefficient (Wildman–Crippen LogP) is 3.25. The van der Waals surface area contributed by atoms with Crippen LogP contribution in [0.4, 0.5) is 0 Å². The second-order valence-electron chi connectivity index (χ2n) is 5.38. The van der Waals surface area contributed by atoms with Crippen LogP contribution in [-0.4, -0.2) is 17.3 Å². The van der Waals surface area contributed by atoms with Crippen LogP contribution in [-0.2, 0) is 4.79 Å². The van der Waals surface area contributed by atoms with E-state index >= 15 is 0 Å². The molecule has 0 atom stereocenters. The largest absolute Gasteiger partial charge is 0.353 e. The van der Waals surface area contributed by atoms with Crippen molar-refractivity contribution in [3.05, 3.63) is 0 Å². The Labute approximate surface area is 101 Å². The molecule has 0 bridgehead atoms. The van der Waals surface area contributed by atoms with Crippen molar-refractivity contribution in [1.82, 2.24) is 5.32 Å². The van der Waals surface area contributed by atoms with Crippen molar-refractivity contribution in [1.29, 1.82) is 0 Å². The number of hydrogen-bond acceptors (Lipinski definition) is 1. The molecule has 0 aliphatic heterocycles. The third-order valence-corrected chi connectivity index (χ3v) is 4.49. The average molecular weight is 276 g/mol. The van der Waals surface area contributed by atoms with E-state index in [9.17, 15) is 4.79 Å². The minimum Gasteiger partial charge on any atom is -0.353 e. The highest BCUT2D eigenvalue weighted by atomic mass is 79.9. The summed E-state index contributed by atoms with van der Waals surface area (Å²) >= 11 is 3.44. The van der Waals surface area contributed by atoms with E-state index in [1.54, 1.807) is 0 Å². The molecule has 1 N–H and O–H groups in total. The van der Waals surface area contributed by atoms with E-state index in [0.29, 0.717) is 12.5 Å². The summed E-state index contributed by atoms with van der Waals surface area (Å²) in [6.45, 7) is 4.23. The molecule has 1 amide bonds. The second-order valence-corrected chi connectivity index (χ2v) is 5.94. The molecule has 0 spiro atoms. The number of alkyl halides is 1. The highest BCUT2D eigenvalue weighted by molar-refractivity contribution is 9.09. The molecule has 0 heterocycles. The van der Waals surface area contributed by atoms with E-state index in [2.05, 4.69) is 35.1 Å². The lowest BCUT2D eigenvalue weighted by Crippen LogP contribution is -2.38. The Balaban J connectivity index is 2.28. The van der Waals surface area contributed by atoms with E-state index in [4.69, 9.17) is 0 Å². The van der Waals surface area contributed by atoms with Gasteiger partial charge in [-0.25, -0.2) is 0 Å². The molecule has 15 heavy (non-hydrogen) atoms. The SMILES string of the molecule is CC(C)(CBr)CC(=O)NC1CCCCC1. The summed E-state index contributed by atoms with van der Waals surface area (Å²) < 4.78 is 0. The summed E-state index contributed by atoms with van der Waals surface area (Å²) in [4.78, 5) is 11.8. The maximum atomic E-state index is 11.8. The first-order valence-corrected chi connectivity index (χ1v) is 7.01. The maximum absolute atomic E-state index is 11.8. The van der Waals surface area contributed by atoms with Crippen LogP contribution in [0.25, 0.3) is 0 Å². The fourth-order valence-corrected chi connectivity index (χ4v) is 2.21. The lowest BCUT2D eigenvalue weighted by Gasteiger charge is -2.26. The Morgan fingerprint density at radius 3 is 2.47 bits per heavy atom. The van der Waals surface area contributed by atoms with Gasteiger partial charge >= 0.3 is 0 Å². The van der Waals surface area contributed by atoms with Crippen molar-refractivity contribution in [2.75, 3.05) is 5.33 Å². The lowest BCUT2D eigenvalue weighted by molar-refractivity contribution is -0.123. The Hall–Kier alpha value is -0.0500. The molecule has 0 unspecified atom stereocenters. The number of hydrogen-bond donors (Lipinski definition) is 1. The molecule has 1 saturated carbocycles. The highest BCUT2D eigenvalue weighted by Gasteiger charge is 2.22.